The Morgan fingerprint density at radius 1 is 1.57 bits per heavy atom. The van der Waals surface area contributed by atoms with Gasteiger partial charge in [0.15, 0.2) is 6.29 Å². The van der Waals surface area contributed by atoms with Crippen molar-refractivity contribution in [3.8, 4) is 0 Å². The summed E-state index contributed by atoms with van der Waals surface area (Å²) in [6.45, 7) is 8.35. The highest BCUT2D eigenvalue weighted by Crippen LogP contribution is 2.49. The fraction of sp³-hybridized carbons (Fsp3) is 0.833. The van der Waals surface area contributed by atoms with Crippen LogP contribution in [0.25, 0.3) is 0 Å². The van der Waals surface area contributed by atoms with Gasteiger partial charge in [-0.3, -0.25) is 0 Å². The van der Waals surface area contributed by atoms with Crippen LogP contribution in [0.2, 0.25) is 0 Å². The Bertz CT molecular complexity index is 249. The maximum absolute atomic E-state index is 9.51. The second kappa shape index (κ2) is 3.35. The molecule has 1 aliphatic heterocycles. The average molecular weight is 196 g/mol. The number of aliphatic hydroxyl groups is 1. The number of hydrogen-bond donors (Lipinski definition) is 1. The van der Waals surface area contributed by atoms with E-state index >= 15 is 0 Å². The molecule has 2 rings (SSSR count). The van der Waals surface area contributed by atoms with Crippen LogP contribution in [-0.4, -0.2) is 17.5 Å². The Morgan fingerprint density at radius 2 is 2.29 bits per heavy atom. The summed E-state index contributed by atoms with van der Waals surface area (Å²) in [5.74, 6) is 0.596. The Kier molecular flexibility index (Phi) is 2.44. The first-order valence-corrected chi connectivity index (χ1v) is 5.50. The van der Waals surface area contributed by atoms with Crippen molar-refractivity contribution in [3.05, 3.63) is 12.2 Å². The monoisotopic (exact) mass is 196 g/mol. The van der Waals surface area contributed by atoms with E-state index in [-0.39, 0.29) is 11.5 Å². The molecule has 0 amide bonds. The number of allylic oxidation sites excluding steroid dienone is 1. The van der Waals surface area contributed by atoms with E-state index in [9.17, 15) is 5.11 Å². The van der Waals surface area contributed by atoms with Crippen molar-refractivity contribution in [1.29, 1.82) is 0 Å². The standard InChI is InChI=1S/C12H20O2/c1-8(2)9-4-5-12(3)7-11(13)14-10(12)6-9/h9-11,13H,1,4-7H2,2-3H3/t9?,10-,11?,12?/m0/s1. The van der Waals surface area contributed by atoms with Crippen molar-refractivity contribution >= 4 is 0 Å². The first-order valence-electron chi connectivity index (χ1n) is 5.50. The molecule has 0 aromatic rings. The Morgan fingerprint density at radius 3 is 2.93 bits per heavy atom. The van der Waals surface area contributed by atoms with E-state index < -0.39 is 6.29 Å². The Balaban J connectivity index is 2.07. The van der Waals surface area contributed by atoms with E-state index in [1.807, 2.05) is 0 Å². The van der Waals surface area contributed by atoms with Crippen molar-refractivity contribution in [2.45, 2.75) is 51.9 Å². The molecule has 0 bridgehead atoms. The summed E-state index contributed by atoms with van der Waals surface area (Å²) in [5, 5.41) is 9.51. The van der Waals surface area contributed by atoms with E-state index in [2.05, 4.69) is 20.4 Å². The molecule has 14 heavy (non-hydrogen) atoms. The smallest absolute Gasteiger partial charge is 0.155 e. The third-order valence-corrected chi connectivity index (χ3v) is 4.00. The molecule has 1 saturated heterocycles. The van der Waals surface area contributed by atoms with Gasteiger partial charge in [0.2, 0.25) is 0 Å². The zero-order valence-corrected chi connectivity index (χ0v) is 9.12. The molecule has 2 heteroatoms. The molecule has 4 atom stereocenters. The van der Waals surface area contributed by atoms with Gasteiger partial charge in [-0.05, 0) is 37.5 Å². The molecule has 1 saturated carbocycles. The summed E-state index contributed by atoms with van der Waals surface area (Å²) < 4.78 is 5.56. The number of hydrogen-bond acceptors (Lipinski definition) is 2. The minimum atomic E-state index is -0.533. The molecule has 1 aliphatic carbocycles. The van der Waals surface area contributed by atoms with Crippen LogP contribution in [0, 0.1) is 11.3 Å². The first-order chi connectivity index (χ1) is 6.51. The fourth-order valence-corrected chi connectivity index (χ4v) is 2.86. The van der Waals surface area contributed by atoms with Gasteiger partial charge in [-0.1, -0.05) is 19.1 Å². The van der Waals surface area contributed by atoms with Crippen LogP contribution in [0.1, 0.15) is 39.5 Å². The highest BCUT2D eigenvalue weighted by molar-refractivity contribution is 5.04. The second-order valence-electron chi connectivity index (χ2n) is 5.26. The summed E-state index contributed by atoms with van der Waals surface area (Å²) in [5.41, 5.74) is 1.47. The van der Waals surface area contributed by atoms with Crippen LogP contribution in [0.4, 0.5) is 0 Å². The van der Waals surface area contributed by atoms with E-state index in [4.69, 9.17) is 4.74 Å². The van der Waals surface area contributed by atoms with Crippen LogP contribution in [0.5, 0.6) is 0 Å². The second-order valence-corrected chi connectivity index (χ2v) is 5.26. The highest BCUT2D eigenvalue weighted by atomic mass is 16.6. The third kappa shape index (κ3) is 1.61. The van der Waals surface area contributed by atoms with Crippen LogP contribution < -0.4 is 0 Å². The van der Waals surface area contributed by atoms with Gasteiger partial charge in [0, 0.05) is 6.42 Å². The summed E-state index contributed by atoms with van der Waals surface area (Å²) in [7, 11) is 0. The molecule has 3 unspecified atom stereocenters. The predicted molar refractivity (Wildman–Crippen MR) is 55.8 cm³/mol. The zero-order chi connectivity index (χ0) is 10.3. The van der Waals surface area contributed by atoms with Gasteiger partial charge in [0.25, 0.3) is 0 Å². The van der Waals surface area contributed by atoms with Gasteiger partial charge >= 0.3 is 0 Å². The molecule has 2 aliphatic rings. The molecule has 80 valence electrons. The molecular formula is C12H20O2. The normalized spacial score (nSPS) is 47.5. The van der Waals surface area contributed by atoms with E-state index in [1.165, 1.54) is 12.0 Å². The van der Waals surface area contributed by atoms with Crippen LogP contribution >= 0.6 is 0 Å². The van der Waals surface area contributed by atoms with E-state index in [0.29, 0.717) is 5.92 Å². The summed E-state index contributed by atoms with van der Waals surface area (Å²) >= 11 is 0. The molecular weight excluding hydrogens is 176 g/mol. The van der Waals surface area contributed by atoms with E-state index in [0.717, 1.165) is 19.3 Å². The SMILES string of the molecule is C=C(C)C1CCC2(C)CC(O)O[C@H]2C1. The molecule has 1 heterocycles. The Hall–Kier alpha value is -0.340. The molecule has 1 N–H and O–H groups in total. The zero-order valence-electron chi connectivity index (χ0n) is 9.12. The van der Waals surface area contributed by atoms with Gasteiger partial charge < -0.3 is 9.84 Å². The number of aliphatic hydroxyl groups excluding tert-OH is 1. The van der Waals surface area contributed by atoms with Crippen molar-refractivity contribution in [2.24, 2.45) is 11.3 Å². The van der Waals surface area contributed by atoms with Crippen LogP contribution in [0.3, 0.4) is 0 Å². The lowest BCUT2D eigenvalue weighted by Crippen LogP contribution is -2.35. The fourth-order valence-electron chi connectivity index (χ4n) is 2.86. The third-order valence-electron chi connectivity index (χ3n) is 4.00. The molecule has 0 spiro atoms. The van der Waals surface area contributed by atoms with Crippen molar-refractivity contribution < 1.29 is 9.84 Å². The molecule has 0 radical (unpaired) electrons. The Labute approximate surface area is 86.0 Å². The summed E-state index contributed by atoms with van der Waals surface area (Å²) in [6, 6.07) is 0. The lowest BCUT2D eigenvalue weighted by molar-refractivity contribution is -0.105. The molecule has 2 fully saturated rings. The van der Waals surface area contributed by atoms with Gasteiger partial charge in [0.1, 0.15) is 0 Å². The van der Waals surface area contributed by atoms with Crippen molar-refractivity contribution in [3.63, 3.8) is 0 Å². The minimum absolute atomic E-state index is 0.214. The maximum Gasteiger partial charge on any atom is 0.155 e. The lowest BCUT2D eigenvalue weighted by atomic mass is 9.68. The van der Waals surface area contributed by atoms with Crippen molar-refractivity contribution in [2.75, 3.05) is 0 Å². The lowest BCUT2D eigenvalue weighted by Gasteiger charge is -2.38. The number of rotatable bonds is 1. The first kappa shape index (κ1) is 10.2. The largest absolute Gasteiger partial charge is 0.368 e. The van der Waals surface area contributed by atoms with E-state index in [1.54, 1.807) is 0 Å². The predicted octanol–water partition coefficient (Wildman–Crippen LogP) is 2.48. The number of ether oxygens (including phenoxy) is 1. The van der Waals surface area contributed by atoms with Gasteiger partial charge in [-0.15, -0.1) is 0 Å². The summed E-state index contributed by atoms with van der Waals surface area (Å²) in [4.78, 5) is 0. The van der Waals surface area contributed by atoms with Crippen molar-refractivity contribution in [1.82, 2.24) is 0 Å². The molecule has 0 aromatic heterocycles. The maximum atomic E-state index is 9.51. The number of fused-ring (bicyclic) bond motifs is 1. The molecule has 2 nitrogen and oxygen atoms in total. The minimum Gasteiger partial charge on any atom is -0.368 e. The van der Waals surface area contributed by atoms with Crippen LogP contribution in [0.15, 0.2) is 12.2 Å². The van der Waals surface area contributed by atoms with Gasteiger partial charge in [-0.25, -0.2) is 0 Å². The molecule has 0 aromatic carbocycles. The quantitative estimate of drug-likeness (QED) is 0.653. The van der Waals surface area contributed by atoms with Gasteiger partial charge in [0.05, 0.1) is 6.10 Å². The highest BCUT2D eigenvalue weighted by Gasteiger charge is 2.47. The van der Waals surface area contributed by atoms with Gasteiger partial charge in [-0.2, -0.15) is 0 Å². The van der Waals surface area contributed by atoms with Crippen LogP contribution in [-0.2, 0) is 4.74 Å². The summed E-state index contributed by atoms with van der Waals surface area (Å²) in [6.07, 6.45) is 3.93. The topological polar surface area (TPSA) is 29.5 Å². The average Bonchev–Trinajstić information content (AvgIpc) is 2.37.